The number of hydrogen-bond donors (Lipinski definition) is 1. The van der Waals surface area contributed by atoms with Crippen molar-refractivity contribution in [3.8, 4) is 27.6 Å². The molecule has 0 aliphatic heterocycles. The molecule has 0 aliphatic rings. The number of aryl methyl sites for hydroxylation is 1. The summed E-state index contributed by atoms with van der Waals surface area (Å²) in [6.07, 6.45) is 3.66. The summed E-state index contributed by atoms with van der Waals surface area (Å²) in [5, 5.41) is 21.2. The molecule has 4 rings (SSSR count). The van der Waals surface area contributed by atoms with Crippen molar-refractivity contribution >= 4 is 16.3 Å². The lowest BCUT2D eigenvalue weighted by molar-refractivity contribution is 0.415. The Kier molecular flexibility index (Phi) is 3.73. The van der Waals surface area contributed by atoms with Gasteiger partial charge in [0.05, 0.1) is 24.6 Å². The van der Waals surface area contributed by atoms with Crippen LogP contribution in [0.4, 0.5) is 0 Å². The second-order valence-electron chi connectivity index (χ2n) is 5.36. The van der Waals surface area contributed by atoms with E-state index in [0.29, 0.717) is 0 Å². The van der Waals surface area contributed by atoms with Gasteiger partial charge in [-0.15, -0.1) is 10.2 Å². The molecule has 0 radical (unpaired) electrons. The molecule has 0 amide bonds. The minimum Gasteiger partial charge on any atom is -0.497 e. The van der Waals surface area contributed by atoms with Crippen LogP contribution in [0.2, 0.25) is 0 Å². The van der Waals surface area contributed by atoms with E-state index in [1.165, 1.54) is 11.3 Å². The van der Waals surface area contributed by atoms with Crippen molar-refractivity contribution < 1.29 is 4.74 Å². The molecule has 0 aliphatic carbocycles. The fourth-order valence-corrected chi connectivity index (χ4v) is 3.47. The van der Waals surface area contributed by atoms with Crippen molar-refractivity contribution in [3.63, 3.8) is 0 Å². The Bertz CT molecular complexity index is 985. The molecule has 0 saturated heterocycles. The molecule has 1 N–H and O–H groups in total. The van der Waals surface area contributed by atoms with E-state index in [-0.39, 0.29) is 0 Å². The molecule has 0 bridgehead atoms. The summed E-state index contributed by atoms with van der Waals surface area (Å²) in [5.41, 5.74) is 2.86. The van der Waals surface area contributed by atoms with Gasteiger partial charge in [0, 0.05) is 12.0 Å². The van der Waals surface area contributed by atoms with E-state index in [4.69, 9.17) is 4.74 Å². The fraction of sp³-hybridized carbons (Fsp3) is 0.250. The third-order valence-electron chi connectivity index (χ3n) is 3.76. The first-order valence-corrected chi connectivity index (χ1v) is 8.51. The first-order valence-electron chi connectivity index (χ1n) is 7.69. The van der Waals surface area contributed by atoms with E-state index in [1.54, 1.807) is 13.3 Å². The Morgan fingerprint density at radius 2 is 2.21 bits per heavy atom. The van der Waals surface area contributed by atoms with Crippen LogP contribution in [-0.2, 0) is 6.42 Å². The molecule has 0 spiro atoms. The Hall–Kier alpha value is -2.74. The lowest BCUT2D eigenvalue weighted by atomic mass is 10.1. The first-order chi connectivity index (χ1) is 11.8. The molecule has 0 unspecified atom stereocenters. The van der Waals surface area contributed by atoms with Gasteiger partial charge in [0.25, 0.3) is 0 Å². The quantitative estimate of drug-likeness (QED) is 0.603. The van der Waals surface area contributed by atoms with Crippen molar-refractivity contribution in [1.29, 1.82) is 0 Å². The van der Waals surface area contributed by atoms with Crippen LogP contribution in [0.1, 0.15) is 19.2 Å². The molecule has 24 heavy (non-hydrogen) atoms. The van der Waals surface area contributed by atoms with Gasteiger partial charge in [-0.25, -0.2) is 0 Å². The average Bonchev–Trinajstić information content (AvgIpc) is 3.31. The van der Waals surface area contributed by atoms with Crippen LogP contribution in [0.5, 0.6) is 5.75 Å². The van der Waals surface area contributed by atoms with Crippen molar-refractivity contribution in [2.75, 3.05) is 7.11 Å². The summed E-state index contributed by atoms with van der Waals surface area (Å²) in [4.78, 5) is 0.797. The summed E-state index contributed by atoms with van der Waals surface area (Å²) in [6, 6.07) is 7.86. The zero-order chi connectivity index (χ0) is 16.5. The molecule has 8 heteroatoms. The van der Waals surface area contributed by atoms with Gasteiger partial charge >= 0.3 is 0 Å². The van der Waals surface area contributed by atoms with E-state index in [1.807, 2.05) is 28.8 Å². The summed E-state index contributed by atoms with van der Waals surface area (Å²) in [7, 11) is 1.66. The molecule has 0 saturated carbocycles. The zero-order valence-electron chi connectivity index (χ0n) is 13.4. The van der Waals surface area contributed by atoms with E-state index in [9.17, 15) is 0 Å². The predicted octanol–water partition coefficient (Wildman–Crippen LogP) is 3.20. The van der Waals surface area contributed by atoms with Crippen LogP contribution >= 0.6 is 11.3 Å². The smallest absolute Gasteiger partial charge is 0.234 e. The molecule has 7 nitrogen and oxygen atoms in total. The molecule has 122 valence electrons. The second kappa shape index (κ2) is 6.04. The number of nitrogens with zero attached hydrogens (tertiary/aromatic N) is 5. The average molecular weight is 340 g/mol. The standard InChI is InChI=1S/C16H16N6OS/c1-3-5-13-18-20-16-22(13)21-15(24-16)12-9-17-19-14(12)10-6-4-7-11(8-10)23-2/h4,6-9H,3,5H2,1-2H3,(H,17,19). The summed E-state index contributed by atoms with van der Waals surface area (Å²) < 4.78 is 7.13. The van der Waals surface area contributed by atoms with Crippen molar-refractivity contribution in [2.24, 2.45) is 0 Å². The number of aromatic amines is 1. The Morgan fingerprint density at radius 3 is 3.04 bits per heavy atom. The summed E-state index contributed by atoms with van der Waals surface area (Å²) in [6.45, 7) is 2.12. The summed E-state index contributed by atoms with van der Waals surface area (Å²) in [5.74, 6) is 1.69. The Labute approximate surface area is 142 Å². The van der Waals surface area contributed by atoms with Crippen LogP contribution in [0.15, 0.2) is 30.5 Å². The molecular weight excluding hydrogens is 324 g/mol. The largest absolute Gasteiger partial charge is 0.497 e. The molecule has 4 aromatic rings. The van der Waals surface area contributed by atoms with E-state index in [2.05, 4.69) is 32.4 Å². The number of ether oxygens (including phenoxy) is 1. The molecule has 0 atom stereocenters. The number of nitrogens with one attached hydrogen (secondary N) is 1. The SMILES string of the molecule is CCCc1nnc2sc(-c3cn[nH]c3-c3cccc(OC)c3)nn12. The van der Waals surface area contributed by atoms with Gasteiger partial charge in [0.1, 0.15) is 5.75 Å². The lowest BCUT2D eigenvalue weighted by Gasteiger charge is -2.04. The Morgan fingerprint density at radius 1 is 1.29 bits per heavy atom. The van der Waals surface area contributed by atoms with Crippen LogP contribution in [0.3, 0.4) is 0 Å². The third-order valence-corrected chi connectivity index (χ3v) is 4.69. The number of methoxy groups -OCH3 is 1. The second-order valence-corrected chi connectivity index (χ2v) is 6.31. The van der Waals surface area contributed by atoms with E-state index in [0.717, 1.165) is 51.2 Å². The number of benzene rings is 1. The van der Waals surface area contributed by atoms with Crippen molar-refractivity contribution in [2.45, 2.75) is 19.8 Å². The van der Waals surface area contributed by atoms with Gasteiger partial charge in [-0.2, -0.15) is 14.7 Å². The van der Waals surface area contributed by atoms with Crippen LogP contribution in [-0.4, -0.2) is 37.1 Å². The van der Waals surface area contributed by atoms with Gasteiger partial charge in [-0.05, 0) is 18.6 Å². The van der Waals surface area contributed by atoms with Crippen LogP contribution in [0.25, 0.3) is 26.8 Å². The predicted molar refractivity (Wildman–Crippen MR) is 92.2 cm³/mol. The van der Waals surface area contributed by atoms with E-state index >= 15 is 0 Å². The third kappa shape index (κ3) is 2.44. The highest BCUT2D eigenvalue weighted by Crippen LogP contribution is 2.34. The summed E-state index contributed by atoms with van der Waals surface area (Å²) >= 11 is 1.51. The highest BCUT2D eigenvalue weighted by Gasteiger charge is 2.17. The highest BCUT2D eigenvalue weighted by atomic mass is 32.1. The maximum Gasteiger partial charge on any atom is 0.234 e. The van der Waals surface area contributed by atoms with Crippen LogP contribution in [0, 0.1) is 0 Å². The number of aromatic nitrogens is 6. The van der Waals surface area contributed by atoms with Gasteiger partial charge in [0.15, 0.2) is 10.8 Å². The van der Waals surface area contributed by atoms with Crippen molar-refractivity contribution in [1.82, 2.24) is 30.0 Å². The number of hydrogen-bond acceptors (Lipinski definition) is 6. The number of rotatable bonds is 5. The van der Waals surface area contributed by atoms with Gasteiger partial charge in [-0.3, -0.25) is 5.10 Å². The van der Waals surface area contributed by atoms with Crippen LogP contribution < -0.4 is 4.74 Å². The monoisotopic (exact) mass is 340 g/mol. The van der Waals surface area contributed by atoms with Gasteiger partial charge in [0.2, 0.25) is 4.96 Å². The zero-order valence-corrected chi connectivity index (χ0v) is 14.2. The maximum atomic E-state index is 5.31. The first kappa shape index (κ1) is 14.8. The topological polar surface area (TPSA) is 81.0 Å². The minimum atomic E-state index is 0.797. The molecule has 3 heterocycles. The number of H-pyrrole nitrogens is 1. The van der Waals surface area contributed by atoms with Crippen molar-refractivity contribution in [3.05, 3.63) is 36.3 Å². The maximum absolute atomic E-state index is 5.31. The molecule has 1 aromatic carbocycles. The Balaban J connectivity index is 1.79. The normalized spacial score (nSPS) is 11.2. The molecular formula is C16H16N6OS. The highest BCUT2D eigenvalue weighted by molar-refractivity contribution is 7.19. The van der Waals surface area contributed by atoms with Gasteiger partial charge in [-0.1, -0.05) is 30.4 Å². The van der Waals surface area contributed by atoms with E-state index < -0.39 is 0 Å². The molecule has 3 aromatic heterocycles. The fourth-order valence-electron chi connectivity index (χ4n) is 2.59. The van der Waals surface area contributed by atoms with Gasteiger partial charge < -0.3 is 4.74 Å². The number of fused-ring (bicyclic) bond motifs is 1. The minimum absolute atomic E-state index is 0.797. The lowest BCUT2D eigenvalue weighted by Crippen LogP contribution is -1.95. The molecule has 0 fully saturated rings.